The van der Waals surface area contributed by atoms with Gasteiger partial charge in [0.05, 0.1) is 7.11 Å². The number of fused-ring (bicyclic) bond motifs is 1. The van der Waals surface area contributed by atoms with E-state index in [1.807, 2.05) is 28.8 Å². The van der Waals surface area contributed by atoms with Gasteiger partial charge in [-0.05, 0) is 37.1 Å². The molecule has 0 saturated heterocycles. The largest absolute Gasteiger partial charge is 0.497 e. The van der Waals surface area contributed by atoms with Gasteiger partial charge < -0.3 is 4.74 Å². The molecule has 0 atom stereocenters. The van der Waals surface area contributed by atoms with E-state index in [1.54, 1.807) is 18.4 Å². The fourth-order valence-electron chi connectivity index (χ4n) is 2.05. The van der Waals surface area contributed by atoms with Crippen LogP contribution in [-0.2, 0) is 0 Å². The summed E-state index contributed by atoms with van der Waals surface area (Å²) in [4.78, 5) is 0.868. The Morgan fingerprint density at radius 1 is 1.21 bits per heavy atom. The van der Waals surface area contributed by atoms with E-state index >= 15 is 0 Å². The minimum absolute atomic E-state index is 0.649. The maximum atomic E-state index is 5.16. The maximum Gasteiger partial charge on any atom is 0.234 e. The summed E-state index contributed by atoms with van der Waals surface area (Å²) in [5.41, 5.74) is 1.00. The second-order valence-electron chi connectivity index (χ2n) is 4.66. The van der Waals surface area contributed by atoms with Crippen molar-refractivity contribution in [2.24, 2.45) is 0 Å². The standard InChI is InChI=1S/C13H12N4OS/c1-18-10-6-4-8(5-7-10)11-14-15-13-17(11)16-12(19-13)9-2-3-9/h4-7,9H,2-3H2,1H3. The van der Waals surface area contributed by atoms with Gasteiger partial charge in [-0.3, -0.25) is 0 Å². The van der Waals surface area contributed by atoms with Crippen LogP contribution in [0, 0.1) is 0 Å². The fourth-order valence-corrected chi connectivity index (χ4v) is 3.05. The third-order valence-electron chi connectivity index (χ3n) is 3.28. The Balaban J connectivity index is 1.79. The predicted octanol–water partition coefficient (Wildman–Crippen LogP) is 2.74. The van der Waals surface area contributed by atoms with Gasteiger partial charge in [-0.25, -0.2) is 0 Å². The lowest BCUT2D eigenvalue weighted by Crippen LogP contribution is -1.92. The summed E-state index contributed by atoms with van der Waals surface area (Å²) in [6.45, 7) is 0. The van der Waals surface area contributed by atoms with Crippen molar-refractivity contribution >= 4 is 16.3 Å². The Morgan fingerprint density at radius 2 is 2.00 bits per heavy atom. The zero-order valence-electron chi connectivity index (χ0n) is 10.4. The second-order valence-corrected chi connectivity index (χ2v) is 5.65. The molecule has 6 heteroatoms. The van der Waals surface area contributed by atoms with E-state index < -0.39 is 0 Å². The molecular formula is C13H12N4OS. The molecule has 2 aromatic heterocycles. The Kier molecular flexibility index (Phi) is 2.32. The number of hydrogen-bond acceptors (Lipinski definition) is 5. The van der Waals surface area contributed by atoms with Gasteiger partial charge in [-0.2, -0.15) is 9.61 Å². The van der Waals surface area contributed by atoms with E-state index in [2.05, 4.69) is 15.3 Å². The van der Waals surface area contributed by atoms with Crippen molar-refractivity contribution in [1.82, 2.24) is 19.8 Å². The van der Waals surface area contributed by atoms with Crippen LogP contribution in [0.25, 0.3) is 16.3 Å². The molecule has 0 amide bonds. The number of aromatic nitrogens is 4. The molecule has 0 N–H and O–H groups in total. The fraction of sp³-hybridized carbons (Fsp3) is 0.308. The monoisotopic (exact) mass is 272 g/mol. The van der Waals surface area contributed by atoms with E-state index in [0.717, 1.165) is 22.1 Å². The van der Waals surface area contributed by atoms with Crippen LogP contribution >= 0.6 is 11.3 Å². The van der Waals surface area contributed by atoms with Gasteiger partial charge in [0.1, 0.15) is 10.8 Å². The molecule has 0 spiro atoms. The number of benzene rings is 1. The molecule has 1 aliphatic rings. The lowest BCUT2D eigenvalue weighted by Gasteiger charge is -2.00. The van der Waals surface area contributed by atoms with Crippen LogP contribution in [0.5, 0.6) is 5.75 Å². The van der Waals surface area contributed by atoms with Crippen LogP contribution in [0.4, 0.5) is 0 Å². The molecule has 0 unspecified atom stereocenters. The minimum Gasteiger partial charge on any atom is -0.497 e. The summed E-state index contributed by atoms with van der Waals surface area (Å²) in [5.74, 6) is 2.28. The van der Waals surface area contributed by atoms with E-state index in [9.17, 15) is 0 Å². The zero-order chi connectivity index (χ0) is 12.8. The summed E-state index contributed by atoms with van der Waals surface area (Å²) in [5, 5.41) is 14.2. The van der Waals surface area contributed by atoms with Gasteiger partial charge in [0, 0.05) is 11.5 Å². The molecular weight excluding hydrogens is 260 g/mol. The van der Waals surface area contributed by atoms with Crippen molar-refractivity contribution in [1.29, 1.82) is 0 Å². The highest BCUT2D eigenvalue weighted by Crippen LogP contribution is 2.42. The highest BCUT2D eigenvalue weighted by Gasteiger charge is 2.28. The van der Waals surface area contributed by atoms with Crippen molar-refractivity contribution in [2.45, 2.75) is 18.8 Å². The number of ether oxygens (including phenoxy) is 1. The van der Waals surface area contributed by atoms with Gasteiger partial charge in [-0.1, -0.05) is 11.3 Å². The third kappa shape index (κ3) is 1.79. The van der Waals surface area contributed by atoms with E-state index in [1.165, 1.54) is 17.8 Å². The summed E-state index contributed by atoms with van der Waals surface area (Å²) in [6.07, 6.45) is 2.50. The van der Waals surface area contributed by atoms with Crippen molar-refractivity contribution in [3.63, 3.8) is 0 Å². The Morgan fingerprint density at radius 3 is 2.68 bits per heavy atom. The summed E-state index contributed by atoms with van der Waals surface area (Å²) in [7, 11) is 1.66. The average molecular weight is 272 g/mol. The third-order valence-corrected chi connectivity index (χ3v) is 4.34. The lowest BCUT2D eigenvalue weighted by atomic mass is 10.2. The van der Waals surface area contributed by atoms with Crippen LogP contribution in [0.15, 0.2) is 24.3 Å². The first-order chi connectivity index (χ1) is 9.35. The topological polar surface area (TPSA) is 52.3 Å². The predicted molar refractivity (Wildman–Crippen MR) is 72.6 cm³/mol. The van der Waals surface area contributed by atoms with Crippen LogP contribution in [0.2, 0.25) is 0 Å². The quantitative estimate of drug-likeness (QED) is 0.735. The summed E-state index contributed by atoms with van der Waals surface area (Å²) >= 11 is 1.64. The number of hydrogen-bond donors (Lipinski definition) is 0. The first-order valence-electron chi connectivity index (χ1n) is 6.22. The Hall–Kier alpha value is -1.95. The molecule has 2 heterocycles. The molecule has 1 saturated carbocycles. The zero-order valence-corrected chi connectivity index (χ0v) is 11.2. The smallest absolute Gasteiger partial charge is 0.234 e. The van der Waals surface area contributed by atoms with E-state index in [4.69, 9.17) is 4.74 Å². The van der Waals surface area contributed by atoms with Gasteiger partial charge in [-0.15, -0.1) is 10.2 Å². The molecule has 0 aliphatic heterocycles. The summed E-state index contributed by atoms with van der Waals surface area (Å²) < 4.78 is 7.01. The molecule has 96 valence electrons. The Labute approximate surface area is 113 Å². The SMILES string of the molecule is COc1ccc(-c2nnc3sc(C4CC4)nn23)cc1. The van der Waals surface area contributed by atoms with Gasteiger partial charge >= 0.3 is 0 Å². The minimum atomic E-state index is 0.649. The highest BCUT2D eigenvalue weighted by molar-refractivity contribution is 7.16. The van der Waals surface area contributed by atoms with Crippen molar-refractivity contribution in [3.8, 4) is 17.1 Å². The maximum absolute atomic E-state index is 5.16. The highest BCUT2D eigenvalue weighted by atomic mass is 32.1. The first kappa shape index (κ1) is 10.9. The van der Waals surface area contributed by atoms with Crippen molar-refractivity contribution in [3.05, 3.63) is 29.3 Å². The molecule has 4 rings (SSSR count). The molecule has 3 aromatic rings. The van der Waals surface area contributed by atoms with Gasteiger partial charge in [0.25, 0.3) is 0 Å². The van der Waals surface area contributed by atoms with Crippen LogP contribution in [0.1, 0.15) is 23.8 Å². The molecule has 1 fully saturated rings. The van der Waals surface area contributed by atoms with Gasteiger partial charge in [0.15, 0.2) is 5.82 Å². The molecule has 0 radical (unpaired) electrons. The van der Waals surface area contributed by atoms with Crippen LogP contribution in [-0.4, -0.2) is 26.9 Å². The molecule has 19 heavy (non-hydrogen) atoms. The first-order valence-corrected chi connectivity index (χ1v) is 7.03. The van der Waals surface area contributed by atoms with Crippen molar-refractivity contribution < 1.29 is 4.74 Å². The van der Waals surface area contributed by atoms with Crippen molar-refractivity contribution in [2.75, 3.05) is 7.11 Å². The molecule has 5 nitrogen and oxygen atoms in total. The second kappa shape index (κ2) is 4.03. The number of methoxy groups -OCH3 is 1. The Bertz CT molecular complexity index is 727. The number of rotatable bonds is 3. The molecule has 0 bridgehead atoms. The molecule has 1 aromatic carbocycles. The molecule has 1 aliphatic carbocycles. The normalized spacial score (nSPS) is 15.0. The van der Waals surface area contributed by atoms with Crippen LogP contribution < -0.4 is 4.74 Å². The lowest BCUT2D eigenvalue weighted by molar-refractivity contribution is 0.415. The average Bonchev–Trinajstić information content (AvgIpc) is 3.09. The van der Waals surface area contributed by atoms with E-state index in [-0.39, 0.29) is 0 Å². The van der Waals surface area contributed by atoms with Gasteiger partial charge in [0.2, 0.25) is 4.96 Å². The number of nitrogens with zero attached hydrogens (tertiary/aromatic N) is 4. The van der Waals surface area contributed by atoms with Crippen LogP contribution in [0.3, 0.4) is 0 Å². The van der Waals surface area contributed by atoms with E-state index in [0.29, 0.717) is 5.92 Å². The summed E-state index contributed by atoms with van der Waals surface area (Å²) in [6, 6.07) is 7.80.